The lowest BCUT2D eigenvalue weighted by molar-refractivity contribution is -0.115. The van der Waals surface area contributed by atoms with E-state index in [1.807, 2.05) is 0 Å². The molecule has 0 saturated heterocycles. The van der Waals surface area contributed by atoms with Crippen LogP contribution in [0.4, 0.5) is 15.8 Å². The smallest absolute Gasteiger partial charge is 0.243 e. The van der Waals surface area contributed by atoms with E-state index in [1.54, 1.807) is 11.0 Å². The third-order valence-electron chi connectivity index (χ3n) is 3.91. The van der Waals surface area contributed by atoms with Gasteiger partial charge in [-0.25, -0.2) is 17.9 Å². The quantitative estimate of drug-likeness (QED) is 0.845. The Kier molecular flexibility index (Phi) is 4.68. The average molecular weight is 384 g/mol. The van der Waals surface area contributed by atoms with Gasteiger partial charge in [-0.05, 0) is 48.4 Å². The molecule has 0 unspecified atom stereocenters. The highest BCUT2D eigenvalue weighted by Crippen LogP contribution is 2.30. The summed E-state index contributed by atoms with van der Waals surface area (Å²) in [5.74, 6) is -0.970. The number of primary sulfonamides is 1. The van der Waals surface area contributed by atoms with Gasteiger partial charge in [0.2, 0.25) is 15.9 Å². The first-order chi connectivity index (χ1) is 11.7. The molecule has 6 nitrogen and oxygen atoms in total. The minimum atomic E-state index is -3.77. The van der Waals surface area contributed by atoms with Gasteiger partial charge in [-0.2, -0.15) is 0 Å². The minimum Gasteiger partial charge on any atom is -0.362 e. The first-order valence-corrected chi connectivity index (χ1v) is 9.32. The van der Waals surface area contributed by atoms with Gasteiger partial charge < -0.3 is 10.2 Å². The van der Waals surface area contributed by atoms with Gasteiger partial charge in [0.1, 0.15) is 5.82 Å². The number of hydrogen-bond donors (Lipinski definition) is 2. The van der Waals surface area contributed by atoms with E-state index in [0.29, 0.717) is 18.0 Å². The largest absolute Gasteiger partial charge is 0.362 e. The zero-order chi connectivity index (χ0) is 18.2. The molecular weight excluding hydrogens is 369 g/mol. The maximum Gasteiger partial charge on any atom is 0.243 e. The highest BCUT2D eigenvalue weighted by molar-refractivity contribution is 7.89. The summed E-state index contributed by atoms with van der Waals surface area (Å²) < 4.78 is 36.5. The van der Waals surface area contributed by atoms with E-state index < -0.39 is 21.7 Å². The zero-order valence-corrected chi connectivity index (χ0v) is 14.6. The molecule has 0 aliphatic carbocycles. The molecule has 3 N–H and O–H groups in total. The van der Waals surface area contributed by atoms with Crippen LogP contribution in [0, 0.1) is 5.82 Å². The summed E-state index contributed by atoms with van der Waals surface area (Å²) in [5.41, 5.74) is 1.57. The van der Waals surface area contributed by atoms with Gasteiger partial charge in [0.25, 0.3) is 0 Å². The van der Waals surface area contributed by atoms with Crippen molar-refractivity contribution < 1.29 is 17.6 Å². The Morgan fingerprint density at radius 2 is 2.04 bits per heavy atom. The first-order valence-electron chi connectivity index (χ1n) is 7.39. The van der Waals surface area contributed by atoms with E-state index in [1.165, 1.54) is 30.3 Å². The molecule has 9 heteroatoms. The van der Waals surface area contributed by atoms with Crippen molar-refractivity contribution in [2.24, 2.45) is 5.14 Å². The van der Waals surface area contributed by atoms with Gasteiger partial charge >= 0.3 is 0 Å². The van der Waals surface area contributed by atoms with Crippen molar-refractivity contribution in [3.8, 4) is 0 Å². The van der Waals surface area contributed by atoms with Crippen LogP contribution in [-0.2, 0) is 21.2 Å². The van der Waals surface area contributed by atoms with Crippen molar-refractivity contribution >= 4 is 38.9 Å². The number of nitrogens with two attached hydrogens (primary N) is 1. The summed E-state index contributed by atoms with van der Waals surface area (Å²) in [5, 5.41) is 7.93. The molecule has 0 saturated carbocycles. The summed E-state index contributed by atoms with van der Waals surface area (Å²) in [6.45, 7) is 0.558. The summed E-state index contributed by atoms with van der Waals surface area (Å²) in [6.07, 6.45) is 0.595. The van der Waals surface area contributed by atoms with Crippen LogP contribution in [0.15, 0.2) is 41.3 Å². The molecule has 1 aliphatic heterocycles. The van der Waals surface area contributed by atoms with E-state index in [0.717, 1.165) is 11.3 Å². The Bertz CT molecular complexity index is 950. The molecule has 2 aromatic rings. The number of rotatable bonds is 4. The molecular formula is C16H15ClFN3O3S. The summed E-state index contributed by atoms with van der Waals surface area (Å²) >= 11 is 5.80. The molecule has 0 atom stereocenters. The number of anilines is 2. The molecule has 1 aliphatic rings. The number of benzene rings is 2. The molecule has 3 rings (SSSR count). The van der Waals surface area contributed by atoms with Gasteiger partial charge in [0.15, 0.2) is 0 Å². The number of carbonyl (C=O) groups is 1. The van der Waals surface area contributed by atoms with Gasteiger partial charge in [0.05, 0.1) is 17.1 Å². The standard InChI is InChI=1S/C16H15ClFN3O3S/c17-11-1-3-13(18)14(8-11)20-16(22)9-21-6-5-10-7-12(25(19,23)24)2-4-15(10)21/h1-4,7-8H,5-6,9H2,(H,20,22)(H2,19,23,24). The number of carbonyl (C=O) groups excluding carboxylic acids is 1. The van der Waals surface area contributed by atoms with E-state index in [9.17, 15) is 17.6 Å². The molecule has 0 spiro atoms. The SMILES string of the molecule is NS(=O)(=O)c1ccc2c(c1)CCN2CC(=O)Nc1cc(Cl)ccc1F. The Balaban J connectivity index is 1.73. The third-order valence-corrected chi connectivity index (χ3v) is 5.05. The second-order valence-electron chi connectivity index (χ2n) is 5.68. The highest BCUT2D eigenvalue weighted by Gasteiger charge is 2.23. The number of nitrogens with zero attached hydrogens (tertiary/aromatic N) is 1. The monoisotopic (exact) mass is 383 g/mol. The number of hydrogen-bond acceptors (Lipinski definition) is 4. The van der Waals surface area contributed by atoms with Crippen molar-refractivity contribution in [1.29, 1.82) is 0 Å². The minimum absolute atomic E-state index is 0.00761. The van der Waals surface area contributed by atoms with Crippen LogP contribution in [-0.4, -0.2) is 27.4 Å². The molecule has 0 fully saturated rings. The number of amides is 1. The Morgan fingerprint density at radius 1 is 1.28 bits per heavy atom. The van der Waals surface area contributed by atoms with E-state index in [4.69, 9.17) is 16.7 Å². The lowest BCUT2D eigenvalue weighted by Gasteiger charge is -2.19. The van der Waals surface area contributed by atoms with Crippen LogP contribution in [0.25, 0.3) is 0 Å². The fraction of sp³-hybridized carbons (Fsp3) is 0.188. The topological polar surface area (TPSA) is 92.5 Å². The first kappa shape index (κ1) is 17.7. The van der Waals surface area contributed by atoms with E-state index in [-0.39, 0.29) is 17.1 Å². The Hall–Kier alpha value is -2.16. The maximum absolute atomic E-state index is 13.7. The molecule has 132 valence electrons. The maximum atomic E-state index is 13.7. The number of halogens is 2. The molecule has 2 aromatic carbocycles. The molecule has 0 aromatic heterocycles. The van der Waals surface area contributed by atoms with E-state index in [2.05, 4.69) is 5.32 Å². The van der Waals surface area contributed by atoms with Gasteiger partial charge in [-0.15, -0.1) is 0 Å². The van der Waals surface area contributed by atoms with E-state index >= 15 is 0 Å². The second kappa shape index (κ2) is 6.62. The third kappa shape index (κ3) is 3.92. The number of sulfonamides is 1. The van der Waals surface area contributed by atoms with Crippen molar-refractivity contribution in [2.75, 3.05) is 23.3 Å². The fourth-order valence-corrected chi connectivity index (χ4v) is 3.48. The lowest BCUT2D eigenvalue weighted by Crippen LogP contribution is -2.32. The van der Waals surface area contributed by atoms with Crippen molar-refractivity contribution in [2.45, 2.75) is 11.3 Å². The molecule has 0 bridgehead atoms. The zero-order valence-electron chi connectivity index (χ0n) is 13.0. The number of fused-ring (bicyclic) bond motifs is 1. The van der Waals surface area contributed by atoms with Crippen LogP contribution in [0.5, 0.6) is 0 Å². The highest BCUT2D eigenvalue weighted by atomic mass is 35.5. The van der Waals surface area contributed by atoms with Crippen LogP contribution < -0.4 is 15.4 Å². The van der Waals surface area contributed by atoms with Crippen LogP contribution in [0.2, 0.25) is 5.02 Å². The van der Waals surface area contributed by atoms with Crippen LogP contribution in [0.3, 0.4) is 0 Å². The normalized spacial score (nSPS) is 13.6. The predicted molar refractivity (Wildman–Crippen MR) is 93.8 cm³/mol. The predicted octanol–water partition coefficient (Wildman–Crippen LogP) is 2.13. The summed E-state index contributed by atoms with van der Waals surface area (Å²) in [7, 11) is -3.77. The fourth-order valence-electron chi connectivity index (χ4n) is 2.74. The van der Waals surface area contributed by atoms with Gasteiger partial charge in [-0.1, -0.05) is 11.6 Å². The second-order valence-corrected chi connectivity index (χ2v) is 7.68. The Morgan fingerprint density at radius 3 is 2.76 bits per heavy atom. The lowest BCUT2D eigenvalue weighted by atomic mass is 10.2. The van der Waals surface area contributed by atoms with Crippen molar-refractivity contribution in [3.05, 3.63) is 52.8 Å². The molecule has 25 heavy (non-hydrogen) atoms. The molecule has 0 radical (unpaired) electrons. The van der Waals surface area contributed by atoms with Gasteiger partial charge in [-0.3, -0.25) is 4.79 Å². The van der Waals surface area contributed by atoms with Crippen molar-refractivity contribution in [3.63, 3.8) is 0 Å². The van der Waals surface area contributed by atoms with Crippen LogP contribution in [0.1, 0.15) is 5.56 Å². The average Bonchev–Trinajstić information content (AvgIpc) is 2.92. The summed E-state index contributed by atoms with van der Waals surface area (Å²) in [6, 6.07) is 8.45. The summed E-state index contributed by atoms with van der Waals surface area (Å²) in [4.78, 5) is 14.0. The number of nitrogens with one attached hydrogen (secondary N) is 1. The van der Waals surface area contributed by atoms with Crippen LogP contribution >= 0.6 is 11.6 Å². The molecule has 1 amide bonds. The van der Waals surface area contributed by atoms with Gasteiger partial charge in [0, 0.05) is 17.3 Å². The molecule has 1 heterocycles. The van der Waals surface area contributed by atoms with Crippen molar-refractivity contribution in [1.82, 2.24) is 0 Å². The Labute approximate surface area is 149 Å².